The number of aromatic nitrogens is 2. The third-order valence-corrected chi connectivity index (χ3v) is 7.31. The first-order chi connectivity index (χ1) is 15.6. The van der Waals surface area contributed by atoms with Gasteiger partial charge in [-0.2, -0.15) is 0 Å². The van der Waals surface area contributed by atoms with Crippen LogP contribution in [0.2, 0.25) is 0 Å². The molecule has 176 valence electrons. The lowest BCUT2D eigenvalue weighted by Gasteiger charge is -2.38. The van der Waals surface area contributed by atoms with E-state index in [-0.39, 0.29) is 16.8 Å². The molecule has 2 N–H and O–H groups in total. The molecule has 0 bridgehead atoms. The first-order valence-electron chi connectivity index (χ1n) is 11.2. The zero-order chi connectivity index (χ0) is 23.9. The zero-order valence-corrected chi connectivity index (χ0v) is 20.8. The van der Waals surface area contributed by atoms with Crippen LogP contribution in [0.4, 0.5) is 5.82 Å². The maximum Gasteiger partial charge on any atom is 0.257 e. The summed E-state index contributed by atoms with van der Waals surface area (Å²) < 4.78 is 11.0. The van der Waals surface area contributed by atoms with Gasteiger partial charge in [-0.1, -0.05) is 45.5 Å². The summed E-state index contributed by atoms with van der Waals surface area (Å²) in [4.78, 5) is 34.5. The molecule has 1 aromatic carbocycles. The molecule has 0 fully saturated rings. The van der Waals surface area contributed by atoms with Gasteiger partial charge in [0.2, 0.25) is 0 Å². The number of thioether (sulfide) groups is 1. The van der Waals surface area contributed by atoms with Crippen LogP contribution in [0.25, 0.3) is 0 Å². The number of anilines is 1. The highest BCUT2D eigenvalue weighted by Crippen LogP contribution is 2.49. The molecule has 1 aromatic heterocycles. The van der Waals surface area contributed by atoms with Gasteiger partial charge in [0.05, 0.1) is 25.7 Å². The van der Waals surface area contributed by atoms with Gasteiger partial charge in [0.1, 0.15) is 17.3 Å². The Morgan fingerprint density at radius 1 is 1.18 bits per heavy atom. The lowest BCUT2D eigenvalue weighted by molar-refractivity contribution is -0.118. The fraction of sp³-hybridized carbons (Fsp3) is 0.480. The van der Waals surface area contributed by atoms with E-state index in [1.54, 1.807) is 20.3 Å². The molecule has 0 spiro atoms. The monoisotopic (exact) mass is 469 g/mol. The molecule has 2 aliphatic rings. The number of carbonyl (C=O) groups is 1. The smallest absolute Gasteiger partial charge is 0.257 e. The van der Waals surface area contributed by atoms with Gasteiger partial charge in [-0.05, 0) is 23.8 Å². The van der Waals surface area contributed by atoms with E-state index in [9.17, 15) is 9.59 Å². The molecule has 2 aromatic rings. The van der Waals surface area contributed by atoms with Gasteiger partial charge in [0.15, 0.2) is 10.9 Å². The van der Waals surface area contributed by atoms with E-state index in [0.29, 0.717) is 52.4 Å². The molecule has 4 rings (SSSR count). The largest absolute Gasteiger partial charge is 0.497 e. The van der Waals surface area contributed by atoms with Crippen LogP contribution in [0.5, 0.6) is 11.5 Å². The fourth-order valence-corrected chi connectivity index (χ4v) is 5.39. The highest BCUT2D eigenvalue weighted by atomic mass is 32.2. The number of allylic oxidation sites excluding steroid dienone is 2. The van der Waals surface area contributed by atoms with Gasteiger partial charge < -0.3 is 19.8 Å². The summed E-state index contributed by atoms with van der Waals surface area (Å²) in [7, 11) is 3.17. The van der Waals surface area contributed by atoms with Gasteiger partial charge in [-0.15, -0.1) is 0 Å². The Hall–Kier alpha value is -2.74. The Labute approximate surface area is 198 Å². The second-order valence-corrected chi connectivity index (χ2v) is 10.8. The minimum Gasteiger partial charge on any atom is -0.497 e. The SMILES string of the molecule is COc1ccc(C2C3=C(CC(C)(C)CC3=O)Nc3nc(SCC(C)C)[nH]c(=O)c32)c(OC)c1. The minimum absolute atomic E-state index is 0.0416. The van der Waals surface area contributed by atoms with Crippen molar-refractivity contribution < 1.29 is 14.3 Å². The van der Waals surface area contributed by atoms with Crippen molar-refractivity contribution in [1.29, 1.82) is 0 Å². The molecule has 2 heterocycles. The van der Waals surface area contributed by atoms with Gasteiger partial charge in [-0.3, -0.25) is 9.59 Å². The fourth-order valence-electron chi connectivity index (χ4n) is 4.58. The van der Waals surface area contributed by atoms with Crippen LogP contribution in [0.15, 0.2) is 39.4 Å². The number of ether oxygens (including phenoxy) is 2. The predicted octanol–water partition coefficient (Wildman–Crippen LogP) is 4.74. The number of rotatable bonds is 6. The van der Waals surface area contributed by atoms with E-state index in [2.05, 4.69) is 38.0 Å². The molecule has 1 atom stereocenters. The predicted molar refractivity (Wildman–Crippen MR) is 130 cm³/mol. The Kier molecular flexibility index (Phi) is 6.31. The van der Waals surface area contributed by atoms with Crippen LogP contribution in [0, 0.1) is 11.3 Å². The van der Waals surface area contributed by atoms with Crippen molar-refractivity contribution in [2.45, 2.75) is 51.6 Å². The van der Waals surface area contributed by atoms with Crippen molar-refractivity contribution in [3.63, 3.8) is 0 Å². The Bertz CT molecular complexity index is 1180. The topological polar surface area (TPSA) is 93.3 Å². The summed E-state index contributed by atoms with van der Waals surface area (Å²) in [6.45, 7) is 8.43. The number of hydrogen-bond acceptors (Lipinski definition) is 7. The second-order valence-electron chi connectivity index (χ2n) is 9.84. The molecule has 0 saturated carbocycles. The van der Waals surface area contributed by atoms with E-state index in [1.165, 1.54) is 11.8 Å². The van der Waals surface area contributed by atoms with Crippen molar-refractivity contribution in [3.8, 4) is 11.5 Å². The average molecular weight is 470 g/mol. The maximum atomic E-state index is 13.4. The normalized spacial score (nSPS) is 19.1. The van der Waals surface area contributed by atoms with Crippen LogP contribution in [0.3, 0.4) is 0 Å². The van der Waals surface area contributed by atoms with Crippen LogP contribution < -0.4 is 20.3 Å². The summed E-state index contributed by atoms with van der Waals surface area (Å²) in [5.74, 6) is 2.50. The van der Waals surface area contributed by atoms with Gasteiger partial charge in [0, 0.05) is 35.1 Å². The molecular formula is C25H31N3O4S. The Morgan fingerprint density at radius 3 is 2.61 bits per heavy atom. The molecule has 1 unspecified atom stereocenters. The van der Waals surface area contributed by atoms with Crippen LogP contribution in [-0.2, 0) is 4.79 Å². The quantitative estimate of drug-likeness (QED) is 0.466. The number of nitrogens with zero attached hydrogens (tertiary/aromatic N) is 1. The minimum atomic E-state index is -0.568. The Balaban J connectivity index is 1.93. The van der Waals surface area contributed by atoms with Crippen molar-refractivity contribution >= 4 is 23.4 Å². The van der Waals surface area contributed by atoms with E-state index in [0.717, 1.165) is 17.0 Å². The maximum absolute atomic E-state index is 13.4. The Morgan fingerprint density at radius 2 is 1.94 bits per heavy atom. The molecule has 7 nitrogen and oxygen atoms in total. The van der Waals surface area contributed by atoms with Crippen molar-refractivity contribution in [2.24, 2.45) is 11.3 Å². The number of hydrogen-bond donors (Lipinski definition) is 2. The summed E-state index contributed by atoms with van der Waals surface area (Å²) >= 11 is 1.52. The number of nitrogens with one attached hydrogen (secondary N) is 2. The van der Waals surface area contributed by atoms with E-state index in [4.69, 9.17) is 14.5 Å². The van der Waals surface area contributed by atoms with Gasteiger partial charge in [0.25, 0.3) is 5.56 Å². The number of fused-ring (bicyclic) bond motifs is 1. The number of Topliss-reactive ketones (excluding diaryl/α,β-unsaturated/α-hetero) is 1. The summed E-state index contributed by atoms with van der Waals surface area (Å²) in [5.41, 5.74) is 2.23. The van der Waals surface area contributed by atoms with Crippen molar-refractivity contribution in [2.75, 3.05) is 25.3 Å². The molecule has 1 aliphatic carbocycles. The van der Waals surface area contributed by atoms with E-state index >= 15 is 0 Å². The first-order valence-corrected chi connectivity index (χ1v) is 12.1. The summed E-state index contributed by atoms with van der Waals surface area (Å²) in [6.07, 6.45) is 1.12. The average Bonchev–Trinajstić information content (AvgIpc) is 2.74. The lowest BCUT2D eigenvalue weighted by atomic mass is 9.69. The van der Waals surface area contributed by atoms with E-state index < -0.39 is 5.92 Å². The zero-order valence-electron chi connectivity index (χ0n) is 20.0. The molecule has 8 heteroatoms. The molecule has 0 amide bonds. The lowest BCUT2D eigenvalue weighted by Crippen LogP contribution is -2.37. The van der Waals surface area contributed by atoms with E-state index in [1.807, 2.05) is 12.1 Å². The standard InChI is InChI=1S/C25H31N3O4S/c1-13(2)12-33-24-27-22-21(23(30)28-24)19(15-8-7-14(31-5)9-18(15)32-6)20-16(26-22)10-25(3,4)11-17(20)29/h7-9,13,19H,10-12H2,1-6H3,(H2,26,27,28,30). The number of aromatic amines is 1. The number of H-pyrrole nitrogens is 1. The number of carbonyl (C=O) groups excluding carboxylic acids is 1. The number of ketones is 1. The molecular weight excluding hydrogens is 438 g/mol. The van der Waals surface area contributed by atoms with Crippen LogP contribution >= 0.6 is 11.8 Å². The van der Waals surface area contributed by atoms with Crippen molar-refractivity contribution in [3.05, 3.63) is 50.9 Å². The molecule has 1 aliphatic heterocycles. The summed E-state index contributed by atoms with van der Waals surface area (Å²) in [6, 6.07) is 5.48. The second kappa shape index (κ2) is 8.89. The highest BCUT2D eigenvalue weighted by Gasteiger charge is 2.43. The van der Waals surface area contributed by atoms with Crippen LogP contribution in [-0.4, -0.2) is 35.7 Å². The summed E-state index contributed by atoms with van der Waals surface area (Å²) in [5, 5.41) is 3.94. The number of benzene rings is 1. The van der Waals surface area contributed by atoms with Crippen molar-refractivity contribution in [1.82, 2.24) is 9.97 Å². The third-order valence-electron chi connectivity index (χ3n) is 6.01. The third kappa shape index (κ3) is 4.53. The van der Waals surface area contributed by atoms with Gasteiger partial charge in [-0.25, -0.2) is 4.98 Å². The highest BCUT2D eigenvalue weighted by molar-refractivity contribution is 7.99. The number of methoxy groups -OCH3 is 2. The molecule has 33 heavy (non-hydrogen) atoms. The first kappa shape index (κ1) is 23.4. The molecule has 0 radical (unpaired) electrons. The molecule has 0 saturated heterocycles. The van der Waals surface area contributed by atoms with Crippen LogP contribution in [0.1, 0.15) is 57.6 Å². The van der Waals surface area contributed by atoms with Gasteiger partial charge >= 0.3 is 0 Å².